The van der Waals surface area contributed by atoms with Gasteiger partial charge < -0.3 is 42.6 Å². The van der Waals surface area contributed by atoms with E-state index in [1.165, 1.54) is 12.1 Å². The molecule has 0 bridgehead atoms. The number of esters is 7. The molecule has 19 nitrogen and oxygen atoms in total. The van der Waals surface area contributed by atoms with E-state index in [0.717, 1.165) is 35.9 Å². The van der Waals surface area contributed by atoms with E-state index in [-0.39, 0.29) is 52.6 Å². The SMILES string of the molecule is [C-]#[N+]/C(C(=O)OC(C)C)=C1/Sc2c(OC(=O)C3CCC(OC(=O)C(=O)C4CCC(OCCCCOC(=O)C=C)CC4)CC3)ccc(OC(=O)C3CCC(OC(=O)C(=O)C4CCC(OCCCCC(=O)OC=C)CC4)CC3)c2S1. The van der Waals surface area contributed by atoms with E-state index >= 15 is 0 Å². The third-order valence-electron chi connectivity index (χ3n) is 14.4. The summed E-state index contributed by atoms with van der Waals surface area (Å²) < 4.78 is 50.4. The lowest BCUT2D eigenvalue weighted by Crippen LogP contribution is -2.35. The molecule has 0 aromatic heterocycles. The number of hydrogen-bond acceptors (Lipinski definition) is 20. The molecule has 0 saturated heterocycles. The van der Waals surface area contributed by atoms with Gasteiger partial charge in [-0.3, -0.25) is 28.8 Å². The van der Waals surface area contributed by atoms with Gasteiger partial charge in [-0.1, -0.05) is 36.7 Å². The molecule has 0 amide bonds. The van der Waals surface area contributed by atoms with Crippen LogP contribution in [0.3, 0.4) is 0 Å². The Morgan fingerprint density at radius 1 is 0.590 bits per heavy atom. The van der Waals surface area contributed by atoms with Gasteiger partial charge in [-0.2, -0.15) is 0 Å². The summed E-state index contributed by atoms with van der Waals surface area (Å²) >= 11 is 2.04. The van der Waals surface area contributed by atoms with E-state index in [0.29, 0.717) is 151 Å². The highest BCUT2D eigenvalue weighted by Crippen LogP contribution is 2.59. The number of carbonyl (C=O) groups excluding carboxylic acids is 9. The van der Waals surface area contributed by atoms with Gasteiger partial charge in [0, 0.05) is 37.5 Å². The van der Waals surface area contributed by atoms with Crippen LogP contribution >= 0.6 is 23.5 Å². The molecule has 1 aromatic carbocycles. The average Bonchev–Trinajstić information content (AvgIpc) is 3.99. The number of benzene rings is 1. The number of unbranched alkanes of at least 4 members (excludes halogenated alkanes) is 2. The zero-order valence-electron chi connectivity index (χ0n) is 44.5. The second kappa shape index (κ2) is 31.1. The molecule has 0 unspecified atom stereocenters. The van der Waals surface area contributed by atoms with Crippen molar-refractivity contribution < 1.29 is 85.8 Å². The predicted molar refractivity (Wildman–Crippen MR) is 282 cm³/mol. The lowest BCUT2D eigenvalue weighted by molar-refractivity contribution is -0.162. The lowest BCUT2D eigenvalue weighted by Gasteiger charge is -2.29. The van der Waals surface area contributed by atoms with Crippen molar-refractivity contribution in [1.29, 1.82) is 0 Å². The van der Waals surface area contributed by atoms with Crippen LogP contribution in [0.1, 0.15) is 149 Å². The fraction of sp³-hybridized carbons (Fsp3) is 0.614. The molecule has 6 rings (SSSR count). The van der Waals surface area contributed by atoms with Crippen molar-refractivity contribution in [3.8, 4) is 11.5 Å². The second-order valence-corrected chi connectivity index (χ2v) is 22.6. The van der Waals surface area contributed by atoms with Crippen LogP contribution in [0.15, 0.2) is 57.4 Å². The highest BCUT2D eigenvalue weighted by molar-refractivity contribution is 8.24. The maximum absolute atomic E-state index is 13.7. The summed E-state index contributed by atoms with van der Waals surface area (Å²) in [6.45, 7) is 19.1. The molecule has 4 aliphatic carbocycles. The number of nitrogens with zero attached hydrogens (tertiary/aromatic N) is 1. The van der Waals surface area contributed by atoms with Crippen molar-refractivity contribution in [2.45, 2.75) is 189 Å². The van der Waals surface area contributed by atoms with Crippen LogP contribution < -0.4 is 9.47 Å². The Kier molecular flexibility index (Phi) is 24.5. The number of fused-ring (bicyclic) bond motifs is 1. The van der Waals surface area contributed by atoms with E-state index in [9.17, 15) is 43.2 Å². The van der Waals surface area contributed by atoms with Gasteiger partial charge in [0.25, 0.3) is 5.70 Å². The number of Topliss-reactive ketones (excluding diaryl/α,β-unsaturated/α-hetero) is 2. The van der Waals surface area contributed by atoms with Gasteiger partial charge in [0.1, 0.15) is 23.7 Å². The zero-order chi connectivity index (χ0) is 56.1. The first-order valence-corrected chi connectivity index (χ1v) is 28.8. The van der Waals surface area contributed by atoms with Crippen molar-refractivity contribution in [3.05, 3.63) is 59.0 Å². The highest BCUT2D eigenvalue weighted by atomic mass is 32.2. The summed E-state index contributed by atoms with van der Waals surface area (Å²) in [5.74, 6) is -7.37. The molecule has 1 aromatic rings. The summed E-state index contributed by atoms with van der Waals surface area (Å²) in [5, 5.41) is 0. The molecule has 4 saturated carbocycles. The molecule has 4 fully saturated rings. The fourth-order valence-corrected chi connectivity index (χ4v) is 12.6. The van der Waals surface area contributed by atoms with E-state index in [2.05, 4.69) is 18.0 Å². The Balaban J connectivity index is 0.960. The van der Waals surface area contributed by atoms with Crippen LogP contribution in [0, 0.1) is 30.2 Å². The monoisotopic (exact) mass is 1120 g/mol. The van der Waals surface area contributed by atoms with Gasteiger partial charge in [-0.15, -0.1) is 0 Å². The van der Waals surface area contributed by atoms with Crippen molar-refractivity contribution in [3.63, 3.8) is 0 Å². The summed E-state index contributed by atoms with van der Waals surface area (Å²) in [7, 11) is 0. The minimum Gasteiger partial charge on any atom is -0.468 e. The van der Waals surface area contributed by atoms with Crippen LogP contribution in [0.25, 0.3) is 4.85 Å². The van der Waals surface area contributed by atoms with E-state index in [1.807, 2.05) is 0 Å². The largest absolute Gasteiger partial charge is 0.468 e. The van der Waals surface area contributed by atoms with Gasteiger partial charge in [0.15, 0.2) is 0 Å². The van der Waals surface area contributed by atoms with Crippen molar-refractivity contribution in [2.75, 3.05) is 19.8 Å². The number of thioether (sulfide) groups is 2. The Labute approximate surface area is 463 Å². The smallest absolute Gasteiger partial charge is 0.375 e. The van der Waals surface area contributed by atoms with Crippen molar-refractivity contribution in [2.24, 2.45) is 23.7 Å². The number of ketones is 2. The van der Waals surface area contributed by atoms with Crippen molar-refractivity contribution in [1.82, 2.24) is 0 Å². The molecule has 0 atom stereocenters. The normalized spacial score (nSPS) is 24.4. The number of hydrogen-bond donors (Lipinski definition) is 0. The van der Waals surface area contributed by atoms with Crippen molar-refractivity contribution >= 4 is 76.9 Å². The molecule has 78 heavy (non-hydrogen) atoms. The van der Waals surface area contributed by atoms with Crippen LogP contribution in [-0.2, 0) is 76.3 Å². The predicted octanol–water partition coefficient (Wildman–Crippen LogP) is 9.59. The van der Waals surface area contributed by atoms with E-state index < -0.39 is 89.4 Å². The van der Waals surface area contributed by atoms with Gasteiger partial charge in [0.2, 0.25) is 11.6 Å². The third kappa shape index (κ3) is 18.4. The van der Waals surface area contributed by atoms with E-state index in [4.69, 9.17) is 49.2 Å². The molecular weight excluding hydrogens is 1050 g/mol. The maximum Gasteiger partial charge on any atom is 0.375 e. The first-order chi connectivity index (χ1) is 37.6. The third-order valence-corrected chi connectivity index (χ3v) is 17.0. The fourth-order valence-electron chi connectivity index (χ4n) is 10.0. The summed E-state index contributed by atoms with van der Waals surface area (Å²) in [4.78, 5) is 120. The second-order valence-electron chi connectivity index (χ2n) is 20.3. The maximum atomic E-state index is 13.7. The molecule has 0 spiro atoms. The number of rotatable bonds is 26. The Morgan fingerprint density at radius 2 is 1.01 bits per heavy atom. The topological polar surface area (TPSA) is 241 Å². The van der Waals surface area contributed by atoms with Gasteiger partial charge in [0.05, 0.1) is 63.6 Å². The standard InChI is InChI=1S/C57H71NO18S2/c1-6-45(59)71-33-11-10-32-70-40-23-15-36(16-24-40)49(62)56(67)74-42-27-19-38(20-28-42)53(64)76-44-30-29-43(50-51(44)78-57(77-50)47(58-5)54(65)72-34(3)4)75-52(63)37-17-25-41(26-18-37)73-55(66)48(61)35-13-21-39(22-14-35)69-31-9-8-12-46(60)68-7-2/h6-7,29-30,34-42H,1-2,8-28,31-33H2,3-4H3/b57-47+. The molecule has 21 heteroatoms. The lowest BCUT2D eigenvalue weighted by atomic mass is 9.84. The summed E-state index contributed by atoms with van der Waals surface area (Å²) in [6.07, 6.45) is 10.8. The summed E-state index contributed by atoms with van der Waals surface area (Å²) in [5.41, 5.74) is -0.284. The molecular formula is C57H71NO18S2. The number of ether oxygens (including phenoxy) is 9. The summed E-state index contributed by atoms with van der Waals surface area (Å²) in [6, 6.07) is 2.98. The first kappa shape index (κ1) is 61.4. The van der Waals surface area contributed by atoms with Crippen LogP contribution in [0.4, 0.5) is 0 Å². The number of carbonyl (C=O) groups is 9. The molecule has 5 aliphatic rings. The quantitative estimate of drug-likeness (QED) is 0.0122. The Hall–Kier alpha value is -5.82. The van der Waals surface area contributed by atoms with E-state index in [1.54, 1.807) is 13.8 Å². The zero-order valence-corrected chi connectivity index (χ0v) is 46.1. The first-order valence-electron chi connectivity index (χ1n) is 27.2. The van der Waals surface area contributed by atoms with Gasteiger partial charge in [-0.05, 0) is 154 Å². The Bertz CT molecular complexity index is 2430. The molecule has 0 radical (unpaired) electrons. The highest BCUT2D eigenvalue weighted by Gasteiger charge is 2.39. The van der Waals surface area contributed by atoms with Crippen LogP contribution in [-0.4, -0.2) is 104 Å². The molecule has 424 valence electrons. The molecule has 0 N–H and O–H groups in total. The molecule has 1 aliphatic heterocycles. The minimum absolute atomic E-state index is 0.0187. The Morgan fingerprint density at radius 3 is 1.44 bits per heavy atom. The van der Waals surface area contributed by atoms with Crippen LogP contribution in [0.5, 0.6) is 11.5 Å². The van der Waals surface area contributed by atoms with Gasteiger partial charge in [-0.25, -0.2) is 19.2 Å². The molecule has 1 heterocycles. The van der Waals surface area contributed by atoms with Gasteiger partial charge >= 0.3 is 41.8 Å². The average molecular weight is 1120 g/mol. The minimum atomic E-state index is -0.877. The van der Waals surface area contributed by atoms with Crippen LogP contribution in [0.2, 0.25) is 0 Å².